The van der Waals surface area contributed by atoms with Crippen LogP contribution in [0.1, 0.15) is 17.9 Å². The van der Waals surface area contributed by atoms with Crippen molar-refractivity contribution in [2.24, 2.45) is 0 Å². The number of aliphatic hydroxyl groups is 1. The number of benzene rings is 1. The van der Waals surface area contributed by atoms with Crippen LogP contribution in [0, 0.1) is 5.82 Å². The smallest absolute Gasteiger partial charge is 0.407 e. The summed E-state index contributed by atoms with van der Waals surface area (Å²) in [5.74, 6) is -0.376. The lowest BCUT2D eigenvalue weighted by molar-refractivity contribution is 0.114. The number of hydrogen-bond acceptors (Lipinski definition) is 2. The molecular weight excluding hydrogens is 225 g/mol. The van der Waals surface area contributed by atoms with Gasteiger partial charge in [0.2, 0.25) is 0 Å². The average molecular weight is 239 g/mol. The third-order valence-corrected chi connectivity index (χ3v) is 3.28. The van der Waals surface area contributed by atoms with E-state index < -0.39 is 12.1 Å². The molecule has 1 aliphatic rings. The van der Waals surface area contributed by atoms with Gasteiger partial charge in [0.05, 0.1) is 12.6 Å². The first kappa shape index (κ1) is 11.9. The van der Waals surface area contributed by atoms with Gasteiger partial charge in [-0.25, -0.2) is 9.18 Å². The van der Waals surface area contributed by atoms with Crippen molar-refractivity contribution in [2.75, 3.05) is 13.2 Å². The lowest BCUT2D eigenvalue weighted by Crippen LogP contribution is -2.38. The second-order valence-corrected chi connectivity index (χ2v) is 4.17. The molecule has 0 saturated carbocycles. The molecule has 2 N–H and O–H groups in total. The third kappa shape index (κ3) is 2.24. The zero-order valence-corrected chi connectivity index (χ0v) is 9.21. The number of halogens is 1. The van der Waals surface area contributed by atoms with Crippen LogP contribution in [-0.2, 0) is 0 Å². The van der Waals surface area contributed by atoms with Crippen molar-refractivity contribution in [3.8, 4) is 0 Å². The van der Waals surface area contributed by atoms with Crippen molar-refractivity contribution in [1.82, 2.24) is 4.90 Å². The monoisotopic (exact) mass is 239 g/mol. The highest BCUT2D eigenvalue weighted by atomic mass is 19.1. The maximum Gasteiger partial charge on any atom is 0.407 e. The molecule has 1 aromatic carbocycles. The first-order valence-electron chi connectivity index (χ1n) is 5.49. The highest BCUT2D eigenvalue weighted by molar-refractivity contribution is 5.66. The van der Waals surface area contributed by atoms with E-state index in [1.165, 1.54) is 17.0 Å². The van der Waals surface area contributed by atoms with Gasteiger partial charge in [-0.05, 0) is 24.1 Å². The van der Waals surface area contributed by atoms with Crippen molar-refractivity contribution in [3.05, 3.63) is 35.6 Å². The largest absolute Gasteiger partial charge is 0.465 e. The van der Waals surface area contributed by atoms with Crippen LogP contribution in [-0.4, -0.2) is 40.4 Å². The van der Waals surface area contributed by atoms with Gasteiger partial charge in [-0.2, -0.15) is 0 Å². The van der Waals surface area contributed by atoms with Gasteiger partial charge in [-0.3, -0.25) is 0 Å². The van der Waals surface area contributed by atoms with Crippen LogP contribution >= 0.6 is 0 Å². The van der Waals surface area contributed by atoms with Crippen LogP contribution in [0.5, 0.6) is 0 Å². The Bertz CT molecular complexity index is 407. The fraction of sp³-hybridized carbons (Fsp3) is 0.417. The summed E-state index contributed by atoms with van der Waals surface area (Å²) in [5, 5.41) is 18.3. The number of amides is 1. The Morgan fingerprint density at radius 1 is 1.41 bits per heavy atom. The molecule has 0 spiro atoms. The predicted octanol–water partition coefficient (Wildman–Crippen LogP) is 1.65. The molecule has 1 aromatic rings. The summed E-state index contributed by atoms with van der Waals surface area (Å²) in [7, 11) is 0. The Kier molecular flexibility index (Phi) is 3.28. The third-order valence-electron chi connectivity index (χ3n) is 3.28. The molecular formula is C12H14FNO3. The molecule has 4 nitrogen and oxygen atoms in total. The second kappa shape index (κ2) is 4.71. The Balaban J connectivity index is 2.22. The molecule has 2 rings (SSSR count). The summed E-state index contributed by atoms with van der Waals surface area (Å²) in [6.45, 7) is 0.191. The van der Waals surface area contributed by atoms with Gasteiger partial charge in [0.15, 0.2) is 0 Å². The molecule has 2 atom stereocenters. The Morgan fingerprint density at radius 2 is 2.06 bits per heavy atom. The van der Waals surface area contributed by atoms with Crippen molar-refractivity contribution < 1.29 is 19.4 Å². The molecule has 0 aromatic heterocycles. The minimum Gasteiger partial charge on any atom is -0.465 e. The Labute approximate surface area is 98.3 Å². The summed E-state index contributed by atoms with van der Waals surface area (Å²) in [6.07, 6.45) is -0.364. The number of hydrogen-bond donors (Lipinski definition) is 2. The molecule has 0 aliphatic carbocycles. The number of carbonyl (C=O) groups is 1. The van der Waals surface area contributed by atoms with E-state index in [0.29, 0.717) is 13.0 Å². The van der Waals surface area contributed by atoms with Gasteiger partial charge >= 0.3 is 6.09 Å². The normalized spacial score (nSPS) is 24.0. The van der Waals surface area contributed by atoms with Gasteiger partial charge in [0, 0.05) is 12.5 Å². The van der Waals surface area contributed by atoms with E-state index in [0.717, 1.165) is 5.56 Å². The predicted molar refractivity (Wildman–Crippen MR) is 59.4 cm³/mol. The quantitative estimate of drug-likeness (QED) is 0.825. The van der Waals surface area contributed by atoms with E-state index in [4.69, 9.17) is 5.11 Å². The fourth-order valence-electron chi connectivity index (χ4n) is 2.42. The molecule has 0 bridgehead atoms. The van der Waals surface area contributed by atoms with Gasteiger partial charge in [0.25, 0.3) is 0 Å². The van der Waals surface area contributed by atoms with E-state index >= 15 is 0 Å². The van der Waals surface area contributed by atoms with Crippen LogP contribution in [0.4, 0.5) is 9.18 Å². The van der Waals surface area contributed by atoms with Crippen molar-refractivity contribution in [3.63, 3.8) is 0 Å². The number of rotatable bonds is 2. The molecule has 0 unspecified atom stereocenters. The SMILES string of the molecule is O=C(O)N1CC[C@@H](c2ccc(F)cc2)[C@H]1CO. The number of likely N-dealkylation sites (tertiary alicyclic amines) is 1. The van der Waals surface area contributed by atoms with Crippen LogP contribution in [0.15, 0.2) is 24.3 Å². The highest BCUT2D eigenvalue weighted by Crippen LogP contribution is 2.33. The summed E-state index contributed by atoms with van der Waals surface area (Å²) in [6, 6.07) is 5.57. The van der Waals surface area contributed by atoms with E-state index in [9.17, 15) is 14.3 Å². The molecule has 17 heavy (non-hydrogen) atoms. The molecule has 0 radical (unpaired) electrons. The first-order valence-corrected chi connectivity index (χ1v) is 5.49. The van der Waals surface area contributed by atoms with Gasteiger partial charge < -0.3 is 15.1 Å². The van der Waals surface area contributed by atoms with E-state index in [1.54, 1.807) is 12.1 Å². The van der Waals surface area contributed by atoms with Crippen molar-refractivity contribution >= 4 is 6.09 Å². The fourth-order valence-corrected chi connectivity index (χ4v) is 2.42. The topological polar surface area (TPSA) is 60.8 Å². The van der Waals surface area contributed by atoms with Crippen LogP contribution in [0.3, 0.4) is 0 Å². The van der Waals surface area contributed by atoms with Crippen molar-refractivity contribution in [1.29, 1.82) is 0 Å². The average Bonchev–Trinajstić information content (AvgIpc) is 2.73. The lowest BCUT2D eigenvalue weighted by atomic mass is 9.92. The van der Waals surface area contributed by atoms with Crippen LogP contribution < -0.4 is 0 Å². The summed E-state index contributed by atoms with van der Waals surface area (Å²) >= 11 is 0. The molecule has 1 amide bonds. The second-order valence-electron chi connectivity index (χ2n) is 4.17. The molecule has 1 saturated heterocycles. The van der Waals surface area contributed by atoms with Crippen LogP contribution in [0.25, 0.3) is 0 Å². The maximum absolute atomic E-state index is 12.8. The van der Waals surface area contributed by atoms with Crippen molar-refractivity contribution in [2.45, 2.75) is 18.4 Å². The zero-order valence-electron chi connectivity index (χ0n) is 9.21. The van der Waals surface area contributed by atoms with E-state index in [1.807, 2.05) is 0 Å². The standard InChI is InChI=1S/C12H14FNO3/c13-9-3-1-8(2-4-9)10-5-6-14(12(16)17)11(10)7-15/h1-4,10-11,15H,5-7H2,(H,16,17)/t10-,11+/m0/s1. The molecule has 92 valence electrons. The molecule has 5 heteroatoms. The number of nitrogens with zero attached hydrogens (tertiary/aromatic N) is 1. The van der Waals surface area contributed by atoms with E-state index in [2.05, 4.69) is 0 Å². The summed E-state index contributed by atoms with van der Waals surface area (Å²) in [4.78, 5) is 12.2. The Hall–Kier alpha value is -1.62. The zero-order chi connectivity index (χ0) is 12.4. The summed E-state index contributed by atoms with van der Waals surface area (Å²) in [5.41, 5.74) is 0.870. The molecule has 1 fully saturated rings. The maximum atomic E-state index is 12.8. The van der Waals surface area contributed by atoms with Gasteiger partial charge in [-0.15, -0.1) is 0 Å². The minimum absolute atomic E-state index is 0.0586. The lowest BCUT2D eigenvalue weighted by Gasteiger charge is -2.24. The van der Waals surface area contributed by atoms with E-state index in [-0.39, 0.29) is 18.3 Å². The van der Waals surface area contributed by atoms with Crippen LogP contribution in [0.2, 0.25) is 0 Å². The first-order chi connectivity index (χ1) is 8.13. The number of carboxylic acid groups (broad SMARTS) is 1. The number of aliphatic hydroxyl groups excluding tert-OH is 1. The minimum atomic E-state index is -1.02. The van der Waals surface area contributed by atoms with Gasteiger partial charge in [0.1, 0.15) is 5.82 Å². The summed E-state index contributed by atoms with van der Waals surface area (Å²) < 4.78 is 12.8. The highest BCUT2D eigenvalue weighted by Gasteiger charge is 2.37. The Morgan fingerprint density at radius 3 is 2.59 bits per heavy atom. The molecule has 1 aliphatic heterocycles. The van der Waals surface area contributed by atoms with Gasteiger partial charge in [-0.1, -0.05) is 12.1 Å². The molecule has 1 heterocycles.